The van der Waals surface area contributed by atoms with Crippen LogP contribution >= 0.6 is 0 Å². The Morgan fingerprint density at radius 2 is 1.89 bits per heavy atom. The van der Waals surface area contributed by atoms with Crippen molar-refractivity contribution in [2.75, 3.05) is 13.2 Å². The number of likely N-dealkylation sites (N-methyl/N-ethyl adjacent to an activating group) is 1. The van der Waals surface area contributed by atoms with E-state index in [1.54, 1.807) is 0 Å². The topological polar surface area (TPSA) is 47.0 Å². The first kappa shape index (κ1) is 15.9. The molecular weight excluding hydrogens is 238 g/mol. The third kappa shape index (κ3) is 4.46. The lowest BCUT2D eigenvalue weighted by Crippen LogP contribution is -2.35. The summed E-state index contributed by atoms with van der Waals surface area (Å²) in [5.74, 6) is 2.33. The zero-order valence-corrected chi connectivity index (χ0v) is 13.0. The quantitative estimate of drug-likeness (QED) is 0.823. The second kappa shape index (κ2) is 7.43. The molecule has 0 aliphatic carbocycles. The predicted molar refractivity (Wildman–Crippen MR) is 78.7 cm³/mol. The molecule has 108 valence electrons. The maximum atomic E-state index is 5.53. The molecule has 0 aromatic carbocycles. The fourth-order valence-corrected chi connectivity index (χ4v) is 2.58. The molecule has 4 nitrogen and oxygen atoms in total. The van der Waals surface area contributed by atoms with Crippen LogP contribution in [0.15, 0.2) is 6.07 Å². The predicted octanol–water partition coefficient (Wildman–Crippen LogP) is 2.92. The summed E-state index contributed by atoms with van der Waals surface area (Å²) in [7, 11) is 0. The Kier molecular flexibility index (Phi) is 6.22. The van der Waals surface area contributed by atoms with E-state index in [1.165, 1.54) is 0 Å². The highest BCUT2D eigenvalue weighted by Crippen LogP contribution is 2.28. The average molecular weight is 265 g/mol. The molecule has 0 amide bonds. The molecule has 0 radical (unpaired) electrons. The van der Waals surface area contributed by atoms with Crippen molar-refractivity contribution < 1.29 is 4.74 Å². The van der Waals surface area contributed by atoms with E-state index in [1.807, 2.05) is 19.9 Å². The number of aromatic nitrogens is 2. The minimum Gasteiger partial charge on any atom is -0.478 e. The highest BCUT2D eigenvalue weighted by Gasteiger charge is 2.24. The first-order valence-electron chi connectivity index (χ1n) is 7.21. The smallest absolute Gasteiger partial charge is 0.216 e. The molecule has 0 aliphatic rings. The molecule has 1 heterocycles. The lowest BCUT2D eigenvalue weighted by atomic mass is 9.86. The molecule has 1 aromatic heterocycles. The van der Waals surface area contributed by atoms with Crippen molar-refractivity contribution in [2.45, 2.75) is 53.5 Å². The van der Waals surface area contributed by atoms with E-state index < -0.39 is 0 Å². The molecule has 0 saturated heterocycles. The minimum absolute atomic E-state index is 0.362. The van der Waals surface area contributed by atoms with Crippen LogP contribution in [-0.2, 0) is 0 Å². The normalized spacial score (nSPS) is 14.5. The summed E-state index contributed by atoms with van der Waals surface area (Å²) < 4.78 is 5.53. The molecule has 0 spiro atoms. The fourth-order valence-electron chi connectivity index (χ4n) is 2.58. The minimum atomic E-state index is 0.362. The molecule has 1 N–H and O–H groups in total. The third-order valence-electron chi connectivity index (χ3n) is 3.25. The summed E-state index contributed by atoms with van der Waals surface area (Å²) in [4.78, 5) is 8.93. The molecule has 0 bridgehead atoms. The van der Waals surface area contributed by atoms with Gasteiger partial charge in [0.15, 0.2) is 0 Å². The molecule has 0 aliphatic heterocycles. The zero-order valence-electron chi connectivity index (χ0n) is 13.0. The second-order valence-electron chi connectivity index (χ2n) is 5.23. The van der Waals surface area contributed by atoms with Gasteiger partial charge in [-0.2, -0.15) is 4.98 Å². The van der Waals surface area contributed by atoms with Gasteiger partial charge in [-0.3, -0.25) is 0 Å². The van der Waals surface area contributed by atoms with Gasteiger partial charge >= 0.3 is 0 Å². The lowest BCUT2D eigenvalue weighted by Gasteiger charge is -2.28. The fraction of sp³-hybridized carbons (Fsp3) is 0.733. The van der Waals surface area contributed by atoms with Gasteiger partial charge in [0.25, 0.3) is 0 Å². The molecular formula is C15H27N3O. The number of rotatable bonds is 7. The number of nitrogens with zero attached hydrogens (tertiary/aromatic N) is 2. The van der Waals surface area contributed by atoms with Crippen LogP contribution in [0.2, 0.25) is 0 Å². The van der Waals surface area contributed by atoms with Gasteiger partial charge in [-0.1, -0.05) is 20.8 Å². The summed E-state index contributed by atoms with van der Waals surface area (Å²) in [5, 5.41) is 3.50. The molecule has 0 fully saturated rings. The molecule has 2 atom stereocenters. The van der Waals surface area contributed by atoms with E-state index in [2.05, 4.69) is 43.0 Å². The summed E-state index contributed by atoms with van der Waals surface area (Å²) in [6, 6.07) is 2.36. The largest absolute Gasteiger partial charge is 0.478 e. The van der Waals surface area contributed by atoms with E-state index in [9.17, 15) is 0 Å². The maximum Gasteiger partial charge on any atom is 0.216 e. The monoisotopic (exact) mass is 265 g/mol. The summed E-state index contributed by atoms with van der Waals surface area (Å²) in [6.07, 6.45) is 0. The van der Waals surface area contributed by atoms with E-state index in [0.29, 0.717) is 30.4 Å². The highest BCUT2D eigenvalue weighted by atomic mass is 16.5. The Morgan fingerprint density at radius 1 is 1.21 bits per heavy atom. The van der Waals surface area contributed by atoms with Crippen molar-refractivity contribution in [2.24, 2.45) is 5.92 Å². The van der Waals surface area contributed by atoms with Gasteiger partial charge in [-0.15, -0.1) is 0 Å². The van der Waals surface area contributed by atoms with Gasteiger partial charge in [0.2, 0.25) is 5.88 Å². The molecule has 2 unspecified atom stereocenters. The zero-order chi connectivity index (χ0) is 14.4. The van der Waals surface area contributed by atoms with Crippen LogP contribution in [0.25, 0.3) is 0 Å². The Hall–Kier alpha value is -1.16. The van der Waals surface area contributed by atoms with Crippen LogP contribution in [0.1, 0.15) is 52.1 Å². The van der Waals surface area contributed by atoms with Crippen LogP contribution in [0.4, 0.5) is 0 Å². The van der Waals surface area contributed by atoms with Gasteiger partial charge in [-0.05, 0) is 33.2 Å². The van der Waals surface area contributed by atoms with Gasteiger partial charge in [0.05, 0.1) is 12.3 Å². The highest BCUT2D eigenvalue weighted by molar-refractivity contribution is 5.21. The van der Waals surface area contributed by atoms with Crippen LogP contribution in [0.5, 0.6) is 5.88 Å². The first-order chi connectivity index (χ1) is 8.99. The molecule has 19 heavy (non-hydrogen) atoms. The van der Waals surface area contributed by atoms with Crippen molar-refractivity contribution in [1.82, 2.24) is 15.3 Å². The van der Waals surface area contributed by atoms with E-state index in [4.69, 9.17) is 4.74 Å². The SMILES string of the molecule is CCNC(C)C(c1cc(OCC)nc(C)n1)C(C)C. The molecule has 1 aromatic rings. The Morgan fingerprint density at radius 3 is 2.42 bits per heavy atom. The number of aryl methyl sites for hydroxylation is 1. The molecule has 0 saturated carbocycles. The number of hydrogen-bond acceptors (Lipinski definition) is 4. The maximum absolute atomic E-state index is 5.53. The summed E-state index contributed by atoms with van der Waals surface area (Å²) in [6.45, 7) is 14.3. The van der Waals surface area contributed by atoms with Crippen LogP contribution in [0, 0.1) is 12.8 Å². The Labute approximate surface area is 117 Å². The van der Waals surface area contributed by atoms with Gasteiger partial charge < -0.3 is 10.1 Å². The lowest BCUT2D eigenvalue weighted by molar-refractivity contribution is 0.321. The van der Waals surface area contributed by atoms with E-state index in [0.717, 1.165) is 18.1 Å². The van der Waals surface area contributed by atoms with Crippen molar-refractivity contribution in [1.29, 1.82) is 0 Å². The van der Waals surface area contributed by atoms with Crippen molar-refractivity contribution >= 4 is 0 Å². The number of nitrogens with one attached hydrogen (secondary N) is 1. The Balaban J connectivity index is 3.07. The first-order valence-corrected chi connectivity index (χ1v) is 7.21. The van der Waals surface area contributed by atoms with Crippen LogP contribution in [0.3, 0.4) is 0 Å². The van der Waals surface area contributed by atoms with E-state index >= 15 is 0 Å². The number of hydrogen-bond donors (Lipinski definition) is 1. The van der Waals surface area contributed by atoms with Gasteiger partial charge in [0, 0.05) is 18.0 Å². The standard InChI is InChI=1S/C15H27N3O/c1-7-16-11(5)15(10(3)4)13-9-14(19-8-2)18-12(6)17-13/h9-11,15-16H,7-8H2,1-6H3. The van der Waals surface area contributed by atoms with Crippen LogP contribution in [-0.4, -0.2) is 29.2 Å². The molecule has 4 heteroatoms. The van der Waals surface area contributed by atoms with Crippen molar-refractivity contribution in [3.05, 3.63) is 17.6 Å². The van der Waals surface area contributed by atoms with Gasteiger partial charge in [-0.25, -0.2) is 4.98 Å². The summed E-state index contributed by atoms with van der Waals surface area (Å²) >= 11 is 0. The van der Waals surface area contributed by atoms with Crippen molar-refractivity contribution in [3.63, 3.8) is 0 Å². The summed E-state index contributed by atoms with van der Waals surface area (Å²) in [5.41, 5.74) is 1.07. The Bertz CT molecular complexity index is 393. The van der Waals surface area contributed by atoms with Crippen LogP contribution < -0.4 is 10.1 Å². The van der Waals surface area contributed by atoms with Crippen molar-refractivity contribution in [3.8, 4) is 5.88 Å². The second-order valence-corrected chi connectivity index (χ2v) is 5.23. The van der Waals surface area contributed by atoms with E-state index in [-0.39, 0.29) is 0 Å². The third-order valence-corrected chi connectivity index (χ3v) is 3.25. The number of ether oxygens (including phenoxy) is 1. The molecule has 1 rings (SSSR count). The van der Waals surface area contributed by atoms with Gasteiger partial charge in [0.1, 0.15) is 5.82 Å². The average Bonchev–Trinajstić information content (AvgIpc) is 2.28.